The third kappa shape index (κ3) is 3.76. The zero-order chi connectivity index (χ0) is 20.3. The third-order valence-electron chi connectivity index (χ3n) is 6.43. The molecule has 0 aliphatic carbocycles. The summed E-state index contributed by atoms with van der Waals surface area (Å²) in [7, 11) is 0. The van der Waals surface area contributed by atoms with Gasteiger partial charge in [0.05, 0.1) is 12.5 Å². The van der Waals surface area contributed by atoms with E-state index in [-0.39, 0.29) is 11.9 Å². The standard InChI is InChI=1S/C25H28N4O/c30-24(18-19-12-14-21(15-13-19)20-8-3-1-4-9-20)28-17-7-10-22(28)25-27-26-23-11-5-2-6-16-29(23)25/h1,3-4,8-9,12-15,22H,2,5-7,10-11,16-18H2. The second-order valence-corrected chi connectivity index (χ2v) is 8.42. The first kappa shape index (κ1) is 19.0. The van der Waals surface area contributed by atoms with Crippen molar-refractivity contribution in [2.24, 2.45) is 0 Å². The first-order chi connectivity index (χ1) is 14.8. The Morgan fingerprint density at radius 3 is 2.50 bits per heavy atom. The molecule has 5 heteroatoms. The highest BCUT2D eigenvalue weighted by molar-refractivity contribution is 5.79. The smallest absolute Gasteiger partial charge is 0.227 e. The van der Waals surface area contributed by atoms with Crippen molar-refractivity contribution in [1.29, 1.82) is 0 Å². The Hall–Kier alpha value is -2.95. The van der Waals surface area contributed by atoms with Crippen molar-refractivity contribution in [3.63, 3.8) is 0 Å². The van der Waals surface area contributed by atoms with E-state index >= 15 is 0 Å². The second kappa shape index (κ2) is 8.42. The molecule has 5 rings (SSSR count). The molecule has 5 nitrogen and oxygen atoms in total. The number of nitrogens with zero attached hydrogens (tertiary/aromatic N) is 4. The van der Waals surface area contributed by atoms with Crippen LogP contribution in [0.15, 0.2) is 54.6 Å². The normalized spacial score (nSPS) is 18.8. The minimum Gasteiger partial charge on any atom is -0.332 e. The molecule has 0 bridgehead atoms. The third-order valence-corrected chi connectivity index (χ3v) is 6.43. The number of fused-ring (bicyclic) bond motifs is 1. The van der Waals surface area contributed by atoms with E-state index in [0.29, 0.717) is 6.42 Å². The van der Waals surface area contributed by atoms with Gasteiger partial charge < -0.3 is 9.47 Å². The fourth-order valence-electron chi connectivity index (χ4n) is 4.81. The summed E-state index contributed by atoms with van der Waals surface area (Å²) in [4.78, 5) is 15.2. The van der Waals surface area contributed by atoms with Crippen molar-refractivity contribution in [2.75, 3.05) is 6.54 Å². The van der Waals surface area contributed by atoms with E-state index in [1.165, 1.54) is 30.4 Å². The number of likely N-dealkylation sites (tertiary alicyclic amines) is 1. The van der Waals surface area contributed by atoms with Gasteiger partial charge in [-0.15, -0.1) is 10.2 Å². The summed E-state index contributed by atoms with van der Waals surface area (Å²) in [5.74, 6) is 2.28. The largest absolute Gasteiger partial charge is 0.332 e. The van der Waals surface area contributed by atoms with E-state index < -0.39 is 0 Å². The molecule has 1 atom stereocenters. The predicted octanol–water partition coefficient (Wildman–Crippen LogP) is 4.58. The van der Waals surface area contributed by atoms with Crippen LogP contribution in [0.25, 0.3) is 11.1 Å². The van der Waals surface area contributed by atoms with Crippen LogP contribution in [0.1, 0.15) is 55.4 Å². The van der Waals surface area contributed by atoms with Crippen molar-refractivity contribution < 1.29 is 4.79 Å². The van der Waals surface area contributed by atoms with Crippen LogP contribution in [0.2, 0.25) is 0 Å². The Morgan fingerprint density at radius 2 is 1.67 bits per heavy atom. The zero-order valence-corrected chi connectivity index (χ0v) is 17.3. The van der Waals surface area contributed by atoms with Gasteiger partial charge in [0.1, 0.15) is 5.82 Å². The van der Waals surface area contributed by atoms with Gasteiger partial charge in [-0.1, -0.05) is 61.0 Å². The molecule has 30 heavy (non-hydrogen) atoms. The maximum absolute atomic E-state index is 13.2. The van der Waals surface area contributed by atoms with E-state index in [1.54, 1.807) is 0 Å². The van der Waals surface area contributed by atoms with Crippen LogP contribution in [-0.4, -0.2) is 32.1 Å². The first-order valence-corrected chi connectivity index (χ1v) is 11.2. The van der Waals surface area contributed by atoms with Gasteiger partial charge in [0, 0.05) is 19.5 Å². The predicted molar refractivity (Wildman–Crippen MR) is 117 cm³/mol. The Labute approximate surface area is 177 Å². The van der Waals surface area contributed by atoms with Crippen LogP contribution < -0.4 is 0 Å². The molecule has 1 amide bonds. The van der Waals surface area contributed by atoms with E-state index in [4.69, 9.17) is 0 Å². The fourth-order valence-corrected chi connectivity index (χ4v) is 4.81. The van der Waals surface area contributed by atoms with E-state index in [9.17, 15) is 4.79 Å². The molecule has 2 aliphatic rings. The Balaban J connectivity index is 1.31. The van der Waals surface area contributed by atoms with Crippen LogP contribution in [0.5, 0.6) is 0 Å². The lowest BCUT2D eigenvalue weighted by Gasteiger charge is -2.25. The number of rotatable bonds is 4. The molecule has 154 valence electrons. The highest BCUT2D eigenvalue weighted by Gasteiger charge is 2.34. The lowest BCUT2D eigenvalue weighted by Crippen LogP contribution is -2.33. The molecule has 1 saturated heterocycles. The first-order valence-electron chi connectivity index (χ1n) is 11.2. The van der Waals surface area contributed by atoms with Gasteiger partial charge >= 0.3 is 0 Å². The minimum atomic E-state index is 0.0699. The summed E-state index contributed by atoms with van der Waals surface area (Å²) >= 11 is 0. The number of hydrogen-bond acceptors (Lipinski definition) is 3. The van der Waals surface area contributed by atoms with Gasteiger partial charge in [-0.3, -0.25) is 4.79 Å². The SMILES string of the molecule is O=C(Cc1ccc(-c2ccccc2)cc1)N1CCCC1c1nnc2n1CCCCC2. The number of aryl methyl sites for hydroxylation is 1. The summed E-state index contributed by atoms with van der Waals surface area (Å²) in [5, 5.41) is 8.98. The summed E-state index contributed by atoms with van der Waals surface area (Å²) in [6.45, 7) is 1.80. The fraction of sp³-hybridized carbons (Fsp3) is 0.400. The lowest BCUT2D eigenvalue weighted by molar-refractivity contribution is -0.131. The van der Waals surface area contributed by atoms with Crippen LogP contribution >= 0.6 is 0 Å². The number of carbonyl (C=O) groups excluding carboxylic acids is 1. The average Bonchev–Trinajstić information content (AvgIpc) is 3.36. The maximum Gasteiger partial charge on any atom is 0.227 e. The minimum absolute atomic E-state index is 0.0699. The molecule has 0 radical (unpaired) electrons. The lowest BCUT2D eigenvalue weighted by atomic mass is 10.0. The summed E-state index contributed by atoms with van der Waals surface area (Å²) in [5.41, 5.74) is 3.44. The highest BCUT2D eigenvalue weighted by atomic mass is 16.2. The number of hydrogen-bond donors (Lipinski definition) is 0. The molecular weight excluding hydrogens is 372 g/mol. The molecule has 0 spiro atoms. The Bertz CT molecular complexity index is 1010. The van der Waals surface area contributed by atoms with Crippen LogP contribution in [0, 0.1) is 0 Å². The molecule has 1 aromatic heterocycles. The number of aromatic nitrogens is 3. The molecule has 3 aromatic rings. The van der Waals surface area contributed by atoms with Gasteiger partial charge in [-0.05, 0) is 42.4 Å². The van der Waals surface area contributed by atoms with Crippen LogP contribution in [-0.2, 0) is 24.2 Å². The number of carbonyl (C=O) groups is 1. The van der Waals surface area contributed by atoms with Crippen molar-refractivity contribution in [1.82, 2.24) is 19.7 Å². The molecule has 3 heterocycles. The maximum atomic E-state index is 13.2. The second-order valence-electron chi connectivity index (χ2n) is 8.42. The van der Waals surface area contributed by atoms with Crippen molar-refractivity contribution in [3.8, 4) is 11.1 Å². The molecule has 1 fully saturated rings. The van der Waals surface area contributed by atoms with Gasteiger partial charge in [0.2, 0.25) is 5.91 Å². The molecular formula is C25H28N4O. The number of benzene rings is 2. The van der Waals surface area contributed by atoms with Gasteiger partial charge in [-0.25, -0.2) is 0 Å². The zero-order valence-electron chi connectivity index (χ0n) is 17.3. The van der Waals surface area contributed by atoms with Crippen molar-refractivity contribution in [3.05, 3.63) is 71.8 Å². The van der Waals surface area contributed by atoms with E-state index in [2.05, 4.69) is 51.2 Å². The van der Waals surface area contributed by atoms with Gasteiger partial charge in [-0.2, -0.15) is 0 Å². The van der Waals surface area contributed by atoms with E-state index in [1.807, 2.05) is 23.1 Å². The Kier molecular flexibility index (Phi) is 5.35. The average molecular weight is 401 g/mol. The molecule has 0 N–H and O–H groups in total. The highest BCUT2D eigenvalue weighted by Crippen LogP contribution is 2.33. The Morgan fingerprint density at radius 1 is 0.867 bits per heavy atom. The van der Waals surface area contributed by atoms with Gasteiger partial charge in [0.15, 0.2) is 5.82 Å². The molecule has 1 unspecified atom stereocenters. The molecule has 0 saturated carbocycles. The summed E-state index contributed by atoms with van der Waals surface area (Å²) in [6.07, 6.45) is 7.06. The summed E-state index contributed by atoms with van der Waals surface area (Å²) < 4.78 is 2.29. The monoisotopic (exact) mass is 400 g/mol. The quantitative estimate of drug-likeness (QED) is 0.644. The topological polar surface area (TPSA) is 51.0 Å². The van der Waals surface area contributed by atoms with Crippen molar-refractivity contribution >= 4 is 5.91 Å². The van der Waals surface area contributed by atoms with Crippen LogP contribution in [0.3, 0.4) is 0 Å². The summed E-state index contributed by atoms with van der Waals surface area (Å²) in [6, 6.07) is 18.8. The molecule has 2 aromatic carbocycles. The van der Waals surface area contributed by atoms with E-state index in [0.717, 1.165) is 49.6 Å². The van der Waals surface area contributed by atoms with Crippen LogP contribution in [0.4, 0.5) is 0 Å². The van der Waals surface area contributed by atoms with Crippen molar-refractivity contribution in [2.45, 2.75) is 57.5 Å². The molecule has 2 aliphatic heterocycles. The van der Waals surface area contributed by atoms with Gasteiger partial charge in [0.25, 0.3) is 0 Å². The number of amides is 1.